The smallest absolute Gasteiger partial charge is 0.410 e. The van der Waals surface area contributed by atoms with Crippen molar-refractivity contribution in [1.29, 1.82) is 0 Å². The van der Waals surface area contributed by atoms with Crippen molar-refractivity contribution in [3.63, 3.8) is 0 Å². The number of ether oxygens (including phenoxy) is 4. The predicted octanol–water partition coefficient (Wildman–Crippen LogP) is 4.70. The number of piperazine rings is 1. The van der Waals surface area contributed by atoms with Gasteiger partial charge in [-0.1, -0.05) is 57.9 Å². The van der Waals surface area contributed by atoms with E-state index in [2.05, 4.69) is 4.90 Å². The number of epoxide rings is 1. The molecule has 0 aromatic rings. The van der Waals surface area contributed by atoms with Gasteiger partial charge in [0, 0.05) is 76.2 Å². The number of allylic oxidation sites excluding steroid dienone is 2. The number of hydrogen-bond donors (Lipinski definition) is 4. The van der Waals surface area contributed by atoms with Gasteiger partial charge >= 0.3 is 18.0 Å². The molecule has 0 aliphatic carbocycles. The number of rotatable bonds is 20. The summed E-state index contributed by atoms with van der Waals surface area (Å²) < 4.78 is 23.9. The number of methoxy groups -OCH3 is 1. The van der Waals surface area contributed by atoms with Crippen molar-refractivity contribution >= 4 is 29.8 Å². The van der Waals surface area contributed by atoms with E-state index in [0.29, 0.717) is 57.4 Å². The molecule has 63 heavy (non-hydrogen) atoms. The molecule has 16 nitrogen and oxygen atoms in total. The van der Waals surface area contributed by atoms with Gasteiger partial charge in [-0.05, 0) is 77.5 Å². The van der Waals surface area contributed by atoms with Crippen molar-refractivity contribution in [2.75, 3.05) is 39.8 Å². The average molecular weight is 888 g/mol. The summed E-state index contributed by atoms with van der Waals surface area (Å²) >= 11 is 0. The number of imide groups is 1. The molecule has 4 aliphatic heterocycles. The van der Waals surface area contributed by atoms with Gasteiger partial charge in [0.1, 0.15) is 11.7 Å². The Morgan fingerprint density at radius 3 is 2.41 bits per heavy atom. The highest BCUT2D eigenvalue weighted by Crippen LogP contribution is 2.38. The van der Waals surface area contributed by atoms with Crippen molar-refractivity contribution in [2.24, 2.45) is 11.8 Å². The number of carboxylic acids is 1. The molecule has 4 rings (SSSR count). The molecule has 0 radical (unpaired) electrons. The first-order chi connectivity index (χ1) is 29.8. The molecule has 0 aromatic heterocycles. The van der Waals surface area contributed by atoms with Crippen LogP contribution >= 0.6 is 0 Å². The number of esters is 1. The van der Waals surface area contributed by atoms with Crippen LogP contribution in [0.4, 0.5) is 4.79 Å². The maximum Gasteiger partial charge on any atom is 0.410 e. The quantitative estimate of drug-likeness (QED) is 0.0326. The van der Waals surface area contributed by atoms with Gasteiger partial charge in [0.25, 0.3) is 11.8 Å². The first-order valence-electron chi connectivity index (χ1n) is 22.7. The molecule has 3 amide bonds. The van der Waals surface area contributed by atoms with Gasteiger partial charge in [-0.15, -0.1) is 0 Å². The number of carbonyl (C=O) groups is 5. The Kier molecular flexibility index (Phi) is 19.6. The summed E-state index contributed by atoms with van der Waals surface area (Å²) in [6.45, 7) is 13.3. The largest absolute Gasteiger partial charge is 0.481 e. The molecule has 11 atom stereocenters. The zero-order valence-corrected chi connectivity index (χ0v) is 38.4. The maximum absolute atomic E-state index is 14.0. The first kappa shape index (κ1) is 51.7. The lowest BCUT2D eigenvalue weighted by molar-refractivity contribution is -0.151. The second kappa shape index (κ2) is 23.8. The van der Waals surface area contributed by atoms with Crippen molar-refractivity contribution in [3.8, 4) is 0 Å². The molecule has 4 heterocycles. The van der Waals surface area contributed by atoms with Crippen molar-refractivity contribution in [3.05, 3.63) is 48.1 Å². The van der Waals surface area contributed by atoms with Crippen LogP contribution in [0.3, 0.4) is 0 Å². The number of cyclic esters (lactones) is 1. The summed E-state index contributed by atoms with van der Waals surface area (Å²) in [5, 5.41) is 41.8. The van der Waals surface area contributed by atoms with Gasteiger partial charge in [0.05, 0.1) is 36.4 Å². The van der Waals surface area contributed by atoms with E-state index >= 15 is 0 Å². The molecular weight excluding hydrogens is 815 g/mol. The Morgan fingerprint density at radius 2 is 1.76 bits per heavy atom. The minimum atomic E-state index is -1.20. The Balaban J connectivity index is 1.42. The van der Waals surface area contributed by atoms with E-state index in [4.69, 9.17) is 18.9 Å². The number of nitrogens with zero attached hydrogens (tertiary/aromatic N) is 3. The van der Waals surface area contributed by atoms with Gasteiger partial charge in [-0.2, -0.15) is 0 Å². The molecular formula is C47H73N3O13. The van der Waals surface area contributed by atoms with Crippen molar-refractivity contribution < 1.29 is 63.3 Å². The van der Waals surface area contributed by atoms with Crippen LogP contribution in [-0.4, -0.2) is 159 Å². The van der Waals surface area contributed by atoms with Crippen LogP contribution in [0.5, 0.6) is 0 Å². The standard InChI is InChI=1S/C47H73N3O13/c1-8-36(52)33(4)44-37(61-44)29-46(5,59)22-13-14-31(2)43-32(3)15-17-38(47(6,60-7)23-21-35(51)28-42(57)63-43)62-45(58)49-27-26-48(34(30-49)16-20-41(55)56)24-11-9-10-12-25-50-39(53)18-19-40(50)54/h13-15,17-19,22,32-38,43-44,51-52,59H,8-12,16,20-21,23-30H2,1-7H3,(H,55,56)/b17-15+,22-13+,31-14+/t32-,33?,34-,35+,36?,37+,38-,43+,44+,46?,47+/m0/s1. The third kappa shape index (κ3) is 15.6. The number of carbonyl (C=O) groups excluding carboxylic acids is 4. The molecule has 16 heteroatoms. The summed E-state index contributed by atoms with van der Waals surface area (Å²) in [4.78, 5) is 67.4. The molecule has 354 valence electrons. The fourth-order valence-corrected chi connectivity index (χ4v) is 8.70. The van der Waals surface area contributed by atoms with Crippen LogP contribution in [-0.2, 0) is 38.1 Å². The van der Waals surface area contributed by atoms with E-state index in [-0.39, 0.29) is 68.2 Å². The Labute approximate surface area is 372 Å². The highest BCUT2D eigenvalue weighted by Gasteiger charge is 2.47. The lowest BCUT2D eigenvalue weighted by atomic mass is 9.88. The van der Waals surface area contributed by atoms with Crippen molar-refractivity contribution in [1.82, 2.24) is 14.7 Å². The van der Waals surface area contributed by atoms with Gasteiger partial charge < -0.3 is 44.3 Å². The van der Waals surface area contributed by atoms with Gasteiger partial charge in [-0.25, -0.2) is 4.79 Å². The molecule has 0 aromatic carbocycles. The molecule has 0 saturated carbocycles. The Hall–Kier alpha value is -3.93. The van der Waals surface area contributed by atoms with Crippen LogP contribution in [0, 0.1) is 11.8 Å². The highest BCUT2D eigenvalue weighted by atomic mass is 16.6. The van der Waals surface area contributed by atoms with Gasteiger partial charge in [-0.3, -0.25) is 29.0 Å². The number of aliphatic carboxylic acids is 1. The highest BCUT2D eigenvalue weighted by molar-refractivity contribution is 6.12. The molecule has 3 unspecified atom stereocenters. The predicted molar refractivity (Wildman–Crippen MR) is 234 cm³/mol. The molecule has 0 bridgehead atoms. The zero-order chi connectivity index (χ0) is 46.5. The molecule has 4 N–H and O–H groups in total. The zero-order valence-electron chi connectivity index (χ0n) is 38.4. The number of amides is 3. The third-order valence-electron chi connectivity index (χ3n) is 13.1. The lowest BCUT2D eigenvalue weighted by Gasteiger charge is -2.42. The Bertz CT molecular complexity index is 1680. The summed E-state index contributed by atoms with van der Waals surface area (Å²) in [6.07, 6.45) is 11.9. The molecule has 0 spiro atoms. The van der Waals surface area contributed by atoms with E-state index < -0.39 is 59.6 Å². The molecule has 4 aliphatic rings. The van der Waals surface area contributed by atoms with Crippen molar-refractivity contribution in [2.45, 2.75) is 166 Å². The van der Waals surface area contributed by atoms with E-state index in [1.807, 2.05) is 33.8 Å². The van der Waals surface area contributed by atoms with Gasteiger partial charge in [0.2, 0.25) is 0 Å². The maximum atomic E-state index is 14.0. The van der Waals surface area contributed by atoms with E-state index in [1.54, 1.807) is 43.1 Å². The third-order valence-corrected chi connectivity index (χ3v) is 13.1. The summed E-state index contributed by atoms with van der Waals surface area (Å²) in [7, 11) is 1.51. The molecule has 2 saturated heterocycles. The fraction of sp³-hybridized carbons (Fsp3) is 0.723. The van der Waals surface area contributed by atoms with Crippen LogP contribution < -0.4 is 0 Å². The molecule has 2 fully saturated rings. The number of hydrogen-bond acceptors (Lipinski definition) is 13. The van der Waals surface area contributed by atoms with Crippen LogP contribution in [0.15, 0.2) is 48.1 Å². The second-order valence-corrected chi connectivity index (χ2v) is 18.3. The normalized spacial score (nSPS) is 31.2. The average Bonchev–Trinajstić information content (AvgIpc) is 3.92. The van der Waals surface area contributed by atoms with Gasteiger partial charge in [0.15, 0.2) is 6.10 Å². The van der Waals surface area contributed by atoms with E-state index in [9.17, 15) is 44.4 Å². The minimum absolute atomic E-state index is 0.0401. The van der Waals surface area contributed by atoms with E-state index in [0.717, 1.165) is 19.3 Å². The SMILES string of the molecule is CCC(O)C(C)[C@H]1O[C@@H]1CC(C)(O)/C=C/C=C(\C)[C@H]1OC(=O)C[C@H](O)CC[C@@](C)(OC)[C@@H](OC(=O)N2CCN(CCCCCCN3C(=O)C=CC3=O)[C@@H](CCC(=O)O)C2)/C=C/[C@@H]1C. The second-order valence-electron chi connectivity index (χ2n) is 18.3. The summed E-state index contributed by atoms with van der Waals surface area (Å²) in [6, 6.07) is -0.213. The van der Waals surface area contributed by atoms with Crippen LogP contribution in [0.1, 0.15) is 112 Å². The number of aliphatic hydroxyl groups excluding tert-OH is 2. The van der Waals surface area contributed by atoms with Crippen LogP contribution in [0.25, 0.3) is 0 Å². The lowest BCUT2D eigenvalue weighted by Crippen LogP contribution is -2.56. The fourth-order valence-electron chi connectivity index (χ4n) is 8.70. The summed E-state index contributed by atoms with van der Waals surface area (Å²) in [5.74, 6) is -2.52. The minimum Gasteiger partial charge on any atom is -0.481 e. The number of carboxylic acid groups (broad SMARTS) is 1. The topological polar surface area (TPSA) is 216 Å². The monoisotopic (exact) mass is 888 g/mol. The first-order valence-corrected chi connectivity index (χ1v) is 22.7. The number of aliphatic hydroxyl groups is 3. The summed E-state index contributed by atoms with van der Waals surface area (Å²) in [5.41, 5.74) is -1.60. The number of unbranched alkanes of at least 4 members (excludes halogenated alkanes) is 3. The Morgan fingerprint density at radius 1 is 1.08 bits per heavy atom. The van der Waals surface area contributed by atoms with Crippen LogP contribution in [0.2, 0.25) is 0 Å². The van der Waals surface area contributed by atoms with E-state index in [1.165, 1.54) is 24.2 Å².